The van der Waals surface area contributed by atoms with Crippen molar-refractivity contribution in [3.8, 4) is 0 Å². The summed E-state index contributed by atoms with van der Waals surface area (Å²) in [5.74, 6) is -1.94. The molecule has 0 atom stereocenters. The van der Waals surface area contributed by atoms with Crippen LogP contribution < -0.4 is 5.32 Å². The number of hydrogen-bond acceptors (Lipinski definition) is 2. The van der Waals surface area contributed by atoms with Gasteiger partial charge in [0, 0.05) is 37.7 Å². The van der Waals surface area contributed by atoms with Crippen molar-refractivity contribution >= 4 is 11.7 Å². The summed E-state index contributed by atoms with van der Waals surface area (Å²) in [5.41, 5.74) is 1.28. The van der Waals surface area contributed by atoms with Crippen LogP contribution in [0.1, 0.15) is 5.56 Å². The lowest BCUT2D eigenvalue weighted by Gasteiger charge is -2.18. The number of urea groups is 1. The predicted octanol–water partition coefficient (Wildman–Crippen LogP) is 3.07. The molecule has 1 N–H and O–H groups in total. The van der Waals surface area contributed by atoms with Crippen LogP contribution in [0.3, 0.4) is 0 Å². The van der Waals surface area contributed by atoms with Gasteiger partial charge in [0.05, 0.1) is 0 Å². The van der Waals surface area contributed by atoms with E-state index in [1.165, 1.54) is 11.0 Å². The van der Waals surface area contributed by atoms with Gasteiger partial charge in [0.1, 0.15) is 0 Å². The minimum atomic E-state index is -0.993. The van der Waals surface area contributed by atoms with Crippen LogP contribution in [-0.4, -0.2) is 29.5 Å². The minimum Gasteiger partial charge on any atom is -0.327 e. The van der Waals surface area contributed by atoms with Crippen LogP contribution >= 0.6 is 0 Å². The van der Waals surface area contributed by atoms with Crippen LogP contribution in [0.15, 0.2) is 42.7 Å². The molecule has 110 valence electrons. The van der Waals surface area contributed by atoms with E-state index in [1.807, 2.05) is 12.1 Å². The van der Waals surface area contributed by atoms with Gasteiger partial charge in [0.2, 0.25) is 0 Å². The molecule has 2 aromatic rings. The molecule has 0 bridgehead atoms. The number of carbonyl (C=O) groups excluding carboxylic acids is 1. The van der Waals surface area contributed by atoms with Crippen LogP contribution in [0.25, 0.3) is 0 Å². The molecule has 6 heteroatoms. The van der Waals surface area contributed by atoms with Gasteiger partial charge in [0.25, 0.3) is 0 Å². The van der Waals surface area contributed by atoms with Crippen LogP contribution in [0.2, 0.25) is 0 Å². The topological polar surface area (TPSA) is 45.2 Å². The Morgan fingerprint density at radius 3 is 2.57 bits per heavy atom. The molecule has 0 saturated heterocycles. The number of halogens is 2. The quantitative estimate of drug-likeness (QED) is 0.941. The first-order valence-corrected chi connectivity index (χ1v) is 6.42. The van der Waals surface area contributed by atoms with Crippen LogP contribution in [-0.2, 0) is 6.42 Å². The van der Waals surface area contributed by atoms with Gasteiger partial charge in [-0.25, -0.2) is 13.6 Å². The summed E-state index contributed by atoms with van der Waals surface area (Å²) in [6, 6.07) is 6.61. The fraction of sp³-hybridized carbons (Fsp3) is 0.200. The molecule has 0 radical (unpaired) electrons. The Hall–Kier alpha value is -2.50. The molecule has 21 heavy (non-hydrogen) atoms. The van der Waals surface area contributed by atoms with E-state index in [4.69, 9.17) is 0 Å². The van der Waals surface area contributed by atoms with Crippen LogP contribution in [0.5, 0.6) is 0 Å². The largest absolute Gasteiger partial charge is 0.327 e. The SMILES string of the molecule is CN(CCc1ccncc1)C(=O)Nc1ccc(F)c(F)c1. The summed E-state index contributed by atoms with van der Waals surface area (Å²) in [4.78, 5) is 17.3. The zero-order valence-electron chi connectivity index (χ0n) is 11.5. The number of rotatable bonds is 4. The summed E-state index contributed by atoms with van der Waals surface area (Å²) >= 11 is 0. The third-order valence-electron chi connectivity index (χ3n) is 3.00. The first-order valence-electron chi connectivity index (χ1n) is 6.42. The number of anilines is 1. The first-order chi connectivity index (χ1) is 10.1. The third-order valence-corrected chi connectivity index (χ3v) is 3.00. The molecule has 0 fully saturated rings. The van der Waals surface area contributed by atoms with Gasteiger partial charge < -0.3 is 10.2 Å². The number of pyridine rings is 1. The van der Waals surface area contributed by atoms with Crippen LogP contribution in [0.4, 0.5) is 19.3 Å². The first kappa shape index (κ1) is 14.9. The summed E-state index contributed by atoms with van der Waals surface area (Å²) in [6.45, 7) is 0.500. The lowest BCUT2D eigenvalue weighted by Crippen LogP contribution is -2.33. The van der Waals surface area contributed by atoms with Gasteiger partial charge in [-0.3, -0.25) is 4.98 Å². The number of nitrogens with zero attached hydrogens (tertiary/aromatic N) is 2. The fourth-order valence-electron chi connectivity index (χ4n) is 1.74. The lowest BCUT2D eigenvalue weighted by atomic mass is 10.2. The second-order valence-corrected chi connectivity index (χ2v) is 4.59. The van der Waals surface area contributed by atoms with Gasteiger partial charge >= 0.3 is 6.03 Å². The Morgan fingerprint density at radius 1 is 1.19 bits per heavy atom. The summed E-state index contributed by atoms with van der Waals surface area (Å²) < 4.78 is 25.9. The predicted molar refractivity (Wildman–Crippen MR) is 75.9 cm³/mol. The highest BCUT2D eigenvalue weighted by molar-refractivity contribution is 5.89. The van der Waals surface area contributed by atoms with Gasteiger partial charge in [-0.05, 0) is 36.2 Å². The standard InChI is InChI=1S/C15H15F2N3O/c1-20(9-6-11-4-7-18-8-5-11)15(21)19-12-2-3-13(16)14(17)10-12/h2-5,7-8,10H,6,9H2,1H3,(H,19,21). The highest BCUT2D eigenvalue weighted by atomic mass is 19.2. The normalized spacial score (nSPS) is 10.2. The van der Waals surface area contributed by atoms with E-state index in [2.05, 4.69) is 10.3 Å². The molecule has 2 amide bonds. The van der Waals surface area contributed by atoms with E-state index < -0.39 is 11.6 Å². The Labute approximate surface area is 121 Å². The molecule has 0 unspecified atom stereocenters. The number of carbonyl (C=O) groups is 1. The second kappa shape index (κ2) is 6.78. The summed E-state index contributed by atoms with van der Waals surface area (Å²) in [7, 11) is 1.64. The van der Waals surface area contributed by atoms with E-state index in [0.29, 0.717) is 13.0 Å². The highest BCUT2D eigenvalue weighted by Gasteiger charge is 2.10. The fourth-order valence-corrected chi connectivity index (χ4v) is 1.74. The van der Waals surface area contributed by atoms with E-state index in [0.717, 1.165) is 17.7 Å². The number of hydrogen-bond donors (Lipinski definition) is 1. The number of nitrogens with one attached hydrogen (secondary N) is 1. The van der Waals surface area contributed by atoms with Gasteiger partial charge in [0.15, 0.2) is 11.6 Å². The number of amides is 2. The molecule has 0 saturated carbocycles. The smallest absolute Gasteiger partial charge is 0.321 e. The molecule has 1 aromatic carbocycles. The van der Waals surface area contributed by atoms with E-state index in [9.17, 15) is 13.6 Å². The molecule has 1 aromatic heterocycles. The molecule has 0 aliphatic heterocycles. The van der Waals surface area contributed by atoms with Crippen LogP contribution in [0, 0.1) is 11.6 Å². The summed E-state index contributed by atoms with van der Waals surface area (Å²) in [6.07, 6.45) is 4.07. The van der Waals surface area contributed by atoms with Gasteiger partial charge in [-0.2, -0.15) is 0 Å². The number of aromatic nitrogens is 1. The van der Waals surface area contributed by atoms with Crippen molar-refractivity contribution in [1.29, 1.82) is 0 Å². The van der Waals surface area contributed by atoms with Crippen molar-refractivity contribution in [3.63, 3.8) is 0 Å². The molecule has 0 aliphatic rings. The molecule has 1 heterocycles. The molecule has 0 aliphatic carbocycles. The Bertz CT molecular complexity index is 620. The molecule has 4 nitrogen and oxygen atoms in total. The summed E-state index contributed by atoms with van der Waals surface area (Å²) in [5, 5.41) is 2.51. The Balaban J connectivity index is 1.89. The van der Waals surface area contributed by atoms with E-state index in [1.54, 1.807) is 19.4 Å². The average Bonchev–Trinajstić information content (AvgIpc) is 2.49. The maximum absolute atomic E-state index is 13.1. The molecule has 0 spiro atoms. The zero-order valence-corrected chi connectivity index (χ0v) is 11.5. The van der Waals surface area contributed by atoms with E-state index >= 15 is 0 Å². The molecule has 2 rings (SSSR count). The van der Waals surface area contributed by atoms with Gasteiger partial charge in [-0.1, -0.05) is 0 Å². The highest BCUT2D eigenvalue weighted by Crippen LogP contribution is 2.13. The van der Waals surface area contributed by atoms with Crippen molar-refractivity contribution < 1.29 is 13.6 Å². The second-order valence-electron chi connectivity index (χ2n) is 4.59. The zero-order chi connectivity index (χ0) is 15.2. The lowest BCUT2D eigenvalue weighted by molar-refractivity contribution is 0.223. The third kappa shape index (κ3) is 4.24. The number of benzene rings is 1. The average molecular weight is 291 g/mol. The Kier molecular flexibility index (Phi) is 4.81. The van der Waals surface area contributed by atoms with Crippen molar-refractivity contribution in [2.45, 2.75) is 6.42 Å². The van der Waals surface area contributed by atoms with Crippen molar-refractivity contribution in [2.75, 3.05) is 18.9 Å². The van der Waals surface area contributed by atoms with Crippen molar-refractivity contribution in [2.24, 2.45) is 0 Å². The monoisotopic (exact) mass is 291 g/mol. The minimum absolute atomic E-state index is 0.217. The van der Waals surface area contributed by atoms with Crippen molar-refractivity contribution in [3.05, 3.63) is 59.9 Å². The maximum atomic E-state index is 13.1. The van der Waals surface area contributed by atoms with Crippen molar-refractivity contribution in [1.82, 2.24) is 9.88 Å². The maximum Gasteiger partial charge on any atom is 0.321 e. The van der Waals surface area contributed by atoms with Gasteiger partial charge in [-0.15, -0.1) is 0 Å². The molecular formula is C15H15F2N3O. The molecular weight excluding hydrogens is 276 g/mol. The Morgan fingerprint density at radius 2 is 1.90 bits per heavy atom. The van der Waals surface area contributed by atoms with E-state index in [-0.39, 0.29) is 11.7 Å². The number of likely N-dealkylation sites (N-methyl/N-ethyl adjacent to an activating group) is 1.